The fourth-order valence-electron chi connectivity index (χ4n) is 1.59. The van der Waals surface area contributed by atoms with Gasteiger partial charge in [-0.25, -0.2) is 0 Å². The smallest absolute Gasteiger partial charge is 0.0293 e. The number of likely N-dealkylation sites (N-methyl/N-ethyl adjacent to an activating group) is 1. The van der Waals surface area contributed by atoms with Gasteiger partial charge in [-0.05, 0) is 18.9 Å². The number of allylic oxidation sites excluding steroid dienone is 9. The maximum absolute atomic E-state index is 3.08. The monoisotopic (exact) mass is 229 g/mol. The van der Waals surface area contributed by atoms with Crippen molar-refractivity contribution in [2.45, 2.75) is 26.7 Å². The van der Waals surface area contributed by atoms with E-state index >= 15 is 0 Å². The molecule has 0 spiro atoms. The molecule has 0 saturated heterocycles. The van der Waals surface area contributed by atoms with E-state index in [1.807, 2.05) is 19.2 Å². The first kappa shape index (κ1) is 13.6. The van der Waals surface area contributed by atoms with E-state index < -0.39 is 0 Å². The van der Waals surface area contributed by atoms with Crippen LogP contribution in [0.3, 0.4) is 0 Å². The van der Waals surface area contributed by atoms with Gasteiger partial charge in [0.2, 0.25) is 0 Å². The van der Waals surface area contributed by atoms with Gasteiger partial charge in [-0.15, -0.1) is 0 Å². The largest absolute Gasteiger partial charge is 0.388 e. The molecule has 0 bridgehead atoms. The average Bonchev–Trinajstić information content (AvgIpc) is 2.55. The predicted molar refractivity (Wildman–Crippen MR) is 76.7 cm³/mol. The Labute approximate surface area is 105 Å². The van der Waals surface area contributed by atoms with Gasteiger partial charge in [-0.2, -0.15) is 0 Å². The molecule has 2 aliphatic carbocycles. The zero-order chi connectivity index (χ0) is 12.6. The normalized spacial score (nSPS) is 20.1. The summed E-state index contributed by atoms with van der Waals surface area (Å²) >= 11 is 0. The minimum Gasteiger partial charge on any atom is -0.388 e. The highest BCUT2D eigenvalue weighted by Gasteiger charge is 2.07. The summed E-state index contributed by atoms with van der Waals surface area (Å²) in [7, 11) is 1.95. The molecule has 0 fully saturated rings. The van der Waals surface area contributed by atoms with E-state index in [4.69, 9.17) is 0 Å². The lowest BCUT2D eigenvalue weighted by Crippen LogP contribution is -2.04. The highest BCUT2D eigenvalue weighted by Crippen LogP contribution is 2.20. The molecular weight excluding hydrogens is 206 g/mol. The second kappa shape index (κ2) is 6.95. The molecule has 2 aliphatic rings. The van der Waals surface area contributed by atoms with Crippen molar-refractivity contribution in [3.63, 3.8) is 0 Å². The van der Waals surface area contributed by atoms with E-state index in [0.717, 1.165) is 0 Å². The van der Waals surface area contributed by atoms with E-state index in [1.54, 1.807) is 0 Å². The first-order valence-corrected chi connectivity index (χ1v) is 6.22. The summed E-state index contributed by atoms with van der Waals surface area (Å²) in [6, 6.07) is 0. The second-order valence-electron chi connectivity index (χ2n) is 4.81. The van der Waals surface area contributed by atoms with Crippen molar-refractivity contribution in [3.05, 3.63) is 60.4 Å². The van der Waals surface area contributed by atoms with Crippen LogP contribution in [-0.4, -0.2) is 7.05 Å². The van der Waals surface area contributed by atoms with Gasteiger partial charge in [-0.3, -0.25) is 0 Å². The molecule has 1 nitrogen and oxygen atoms in total. The molecular formula is C16H23N. The Kier molecular flexibility index (Phi) is 5.55. The fourth-order valence-corrected chi connectivity index (χ4v) is 1.59. The van der Waals surface area contributed by atoms with Gasteiger partial charge in [0, 0.05) is 18.2 Å². The Bertz CT molecular complexity index is 347. The Hall–Kier alpha value is -1.50. The van der Waals surface area contributed by atoms with Gasteiger partial charge < -0.3 is 5.32 Å². The number of nitrogens with one attached hydrogen (secondary N) is 1. The van der Waals surface area contributed by atoms with Crippen LogP contribution in [0.15, 0.2) is 60.4 Å². The summed E-state index contributed by atoms with van der Waals surface area (Å²) in [5.74, 6) is 0. The average molecular weight is 229 g/mol. The van der Waals surface area contributed by atoms with Crippen molar-refractivity contribution in [2.24, 2.45) is 5.41 Å². The maximum atomic E-state index is 3.08. The first-order valence-electron chi connectivity index (χ1n) is 6.22. The van der Waals surface area contributed by atoms with Gasteiger partial charge in [0.05, 0.1) is 0 Å². The summed E-state index contributed by atoms with van der Waals surface area (Å²) in [5.41, 5.74) is 1.49. The molecule has 2 rings (SSSR count). The number of rotatable bonds is 1. The zero-order valence-electron chi connectivity index (χ0n) is 11.1. The van der Waals surface area contributed by atoms with Gasteiger partial charge in [0.25, 0.3) is 0 Å². The molecule has 0 atom stereocenters. The Balaban J connectivity index is 0.000000171. The van der Waals surface area contributed by atoms with Crippen molar-refractivity contribution in [2.75, 3.05) is 7.05 Å². The minimum absolute atomic E-state index is 0.240. The van der Waals surface area contributed by atoms with Crippen LogP contribution < -0.4 is 5.32 Å². The van der Waals surface area contributed by atoms with E-state index in [0.29, 0.717) is 0 Å². The SMILES string of the molecule is CC1(C)C=CC=CC=C1.CNC1=CCCC=C1. The topological polar surface area (TPSA) is 12.0 Å². The highest BCUT2D eigenvalue weighted by atomic mass is 14.8. The lowest BCUT2D eigenvalue weighted by atomic mass is 9.93. The van der Waals surface area contributed by atoms with Gasteiger partial charge in [0.1, 0.15) is 0 Å². The number of hydrogen-bond acceptors (Lipinski definition) is 1. The molecule has 0 heterocycles. The van der Waals surface area contributed by atoms with E-state index in [2.05, 4.69) is 61.7 Å². The molecule has 17 heavy (non-hydrogen) atoms. The predicted octanol–water partition coefficient (Wildman–Crippen LogP) is 4.13. The molecule has 0 amide bonds. The van der Waals surface area contributed by atoms with E-state index in [-0.39, 0.29) is 5.41 Å². The third-order valence-electron chi connectivity index (χ3n) is 2.67. The fraction of sp³-hybridized carbons (Fsp3) is 0.375. The molecule has 0 aromatic carbocycles. The quantitative estimate of drug-likeness (QED) is 0.712. The van der Waals surface area contributed by atoms with Crippen molar-refractivity contribution in [1.29, 1.82) is 0 Å². The standard InChI is InChI=1S/C9H12.C7H11N/c1-9(2)7-5-3-4-6-8-9;1-8-7-5-3-2-4-6-7/h3-8H,1-2H3;3,5-6,8H,2,4H2,1H3. The van der Waals surface area contributed by atoms with Crippen LogP contribution in [0.5, 0.6) is 0 Å². The second-order valence-corrected chi connectivity index (χ2v) is 4.81. The summed E-state index contributed by atoms with van der Waals surface area (Å²) < 4.78 is 0. The molecule has 1 heteroatoms. The van der Waals surface area contributed by atoms with Gasteiger partial charge >= 0.3 is 0 Å². The molecule has 0 aromatic rings. The molecule has 1 N–H and O–H groups in total. The molecule has 0 saturated carbocycles. The lowest BCUT2D eigenvalue weighted by molar-refractivity contribution is 0.627. The first-order chi connectivity index (χ1) is 8.14. The maximum Gasteiger partial charge on any atom is 0.0293 e. The van der Waals surface area contributed by atoms with Gasteiger partial charge in [0.15, 0.2) is 0 Å². The van der Waals surface area contributed by atoms with Crippen molar-refractivity contribution in [1.82, 2.24) is 5.32 Å². The Morgan fingerprint density at radius 3 is 2.06 bits per heavy atom. The molecule has 0 unspecified atom stereocenters. The van der Waals surface area contributed by atoms with Gasteiger partial charge in [-0.1, -0.05) is 62.5 Å². The third kappa shape index (κ3) is 5.96. The minimum atomic E-state index is 0.240. The highest BCUT2D eigenvalue weighted by molar-refractivity contribution is 5.22. The third-order valence-corrected chi connectivity index (χ3v) is 2.67. The molecule has 0 aromatic heterocycles. The summed E-state index contributed by atoms with van der Waals surface area (Å²) in [5, 5.41) is 3.08. The van der Waals surface area contributed by atoms with Crippen molar-refractivity contribution >= 4 is 0 Å². The van der Waals surface area contributed by atoms with Crippen LogP contribution in [-0.2, 0) is 0 Å². The van der Waals surface area contributed by atoms with E-state index in [1.165, 1.54) is 18.5 Å². The summed E-state index contributed by atoms with van der Waals surface area (Å²) in [6.07, 6.45) is 21.5. The number of hydrogen-bond donors (Lipinski definition) is 1. The van der Waals surface area contributed by atoms with Crippen LogP contribution in [0.25, 0.3) is 0 Å². The van der Waals surface area contributed by atoms with Crippen LogP contribution in [0.1, 0.15) is 26.7 Å². The molecule has 92 valence electrons. The van der Waals surface area contributed by atoms with Crippen molar-refractivity contribution < 1.29 is 0 Å². The van der Waals surface area contributed by atoms with Crippen LogP contribution in [0.2, 0.25) is 0 Å². The lowest BCUT2D eigenvalue weighted by Gasteiger charge is -2.11. The van der Waals surface area contributed by atoms with E-state index in [9.17, 15) is 0 Å². The summed E-state index contributed by atoms with van der Waals surface area (Å²) in [4.78, 5) is 0. The molecule has 0 aliphatic heterocycles. The Morgan fingerprint density at radius 1 is 1.00 bits per heavy atom. The van der Waals surface area contributed by atoms with Crippen molar-refractivity contribution in [3.8, 4) is 0 Å². The van der Waals surface area contributed by atoms with Crippen LogP contribution >= 0.6 is 0 Å². The zero-order valence-corrected chi connectivity index (χ0v) is 11.1. The van der Waals surface area contributed by atoms with Crippen LogP contribution in [0, 0.1) is 5.41 Å². The van der Waals surface area contributed by atoms with Crippen LogP contribution in [0.4, 0.5) is 0 Å². The Morgan fingerprint density at radius 2 is 1.65 bits per heavy atom. The molecule has 0 radical (unpaired) electrons. The summed E-state index contributed by atoms with van der Waals surface area (Å²) in [6.45, 7) is 4.38.